The molecule has 0 radical (unpaired) electrons. The molecular formula is C26H31N5O7S. The molecule has 2 aliphatic rings. The molecule has 0 bridgehead atoms. The average Bonchev–Trinajstić information content (AvgIpc) is 3.42. The molecule has 3 aromatic rings. The van der Waals surface area contributed by atoms with Crippen molar-refractivity contribution in [1.29, 1.82) is 0 Å². The second-order valence-corrected chi connectivity index (χ2v) is 10.1. The van der Waals surface area contributed by atoms with Gasteiger partial charge in [-0.05, 0) is 24.3 Å². The Labute approximate surface area is 229 Å². The first kappa shape index (κ1) is 27.1. The number of carbonyl (C=O) groups is 1. The number of nitro groups is 1. The van der Waals surface area contributed by atoms with Gasteiger partial charge in [0, 0.05) is 50.9 Å². The molecule has 39 heavy (non-hydrogen) atoms. The minimum absolute atomic E-state index is 0.108. The van der Waals surface area contributed by atoms with E-state index in [0.717, 1.165) is 17.8 Å². The summed E-state index contributed by atoms with van der Waals surface area (Å²) in [5, 5.41) is 12.5. The van der Waals surface area contributed by atoms with Crippen molar-refractivity contribution in [1.82, 2.24) is 9.88 Å². The maximum Gasteiger partial charge on any atom is 0.293 e. The molecule has 5 rings (SSSR count). The van der Waals surface area contributed by atoms with E-state index in [1.807, 2.05) is 4.90 Å². The molecule has 2 aliphatic heterocycles. The number of thiazole rings is 1. The lowest BCUT2D eigenvalue weighted by Gasteiger charge is -2.30. The number of carbonyl (C=O) groups excluding carboxylic acids is 1. The Morgan fingerprint density at radius 1 is 1.05 bits per heavy atom. The zero-order valence-corrected chi connectivity index (χ0v) is 22.8. The number of ether oxygens (including phenoxy) is 4. The van der Waals surface area contributed by atoms with E-state index >= 15 is 0 Å². The Hall–Kier alpha value is -3.52. The van der Waals surface area contributed by atoms with Crippen LogP contribution >= 0.6 is 11.3 Å². The summed E-state index contributed by atoms with van der Waals surface area (Å²) in [6.07, 6.45) is 0. The van der Waals surface area contributed by atoms with Gasteiger partial charge in [0.25, 0.3) is 11.6 Å². The number of nitro benzene ring substituents is 1. The van der Waals surface area contributed by atoms with E-state index in [4.69, 9.17) is 23.9 Å². The number of rotatable bonds is 9. The van der Waals surface area contributed by atoms with Gasteiger partial charge in [-0.3, -0.25) is 24.7 Å². The van der Waals surface area contributed by atoms with Crippen LogP contribution in [0.1, 0.15) is 10.4 Å². The van der Waals surface area contributed by atoms with Crippen LogP contribution in [0.15, 0.2) is 30.3 Å². The van der Waals surface area contributed by atoms with Gasteiger partial charge in [-0.25, -0.2) is 4.98 Å². The van der Waals surface area contributed by atoms with Crippen molar-refractivity contribution >= 4 is 44.0 Å². The van der Waals surface area contributed by atoms with Crippen LogP contribution in [0, 0.1) is 10.1 Å². The number of hydrogen-bond donors (Lipinski definition) is 0. The number of anilines is 2. The van der Waals surface area contributed by atoms with Crippen LogP contribution in [0.5, 0.6) is 11.5 Å². The molecule has 12 nitrogen and oxygen atoms in total. The number of aromatic nitrogens is 1. The zero-order valence-electron chi connectivity index (χ0n) is 22.0. The minimum atomic E-state index is -0.437. The molecule has 1 aromatic heterocycles. The molecule has 208 valence electrons. The van der Waals surface area contributed by atoms with E-state index in [-0.39, 0.29) is 17.2 Å². The molecule has 3 heterocycles. The molecule has 0 saturated carbocycles. The van der Waals surface area contributed by atoms with E-state index in [1.165, 1.54) is 17.4 Å². The fourth-order valence-electron chi connectivity index (χ4n) is 4.77. The highest BCUT2D eigenvalue weighted by Gasteiger charge is 2.28. The maximum absolute atomic E-state index is 14.0. The zero-order chi connectivity index (χ0) is 27.4. The average molecular weight is 558 g/mol. The Morgan fingerprint density at radius 2 is 1.72 bits per heavy atom. The van der Waals surface area contributed by atoms with E-state index < -0.39 is 4.92 Å². The second-order valence-electron chi connectivity index (χ2n) is 9.12. The van der Waals surface area contributed by atoms with Gasteiger partial charge in [0.1, 0.15) is 27.4 Å². The standard InChI is InChI=1S/C26H31N5O7S/c1-35-21-5-6-22(36-2)24-23(21)27-26(39-24)30(8-7-28-9-13-37-14-10-28)25(32)18-3-4-19(20(17-18)31(33)34)29-11-15-38-16-12-29/h3-6,17H,7-16H2,1-2H3. The maximum atomic E-state index is 14.0. The van der Waals surface area contributed by atoms with E-state index in [0.29, 0.717) is 80.4 Å². The summed E-state index contributed by atoms with van der Waals surface area (Å²) in [5.74, 6) is 0.830. The molecular weight excluding hydrogens is 526 g/mol. The highest BCUT2D eigenvalue weighted by atomic mass is 32.1. The molecule has 2 fully saturated rings. The summed E-state index contributed by atoms with van der Waals surface area (Å²) < 4.78 is 22.6. The molecule has 0 unspecified atom stereocenters. The van der Waals surface area contributed by atoms with Crippen LogP contribution in [-0.4, -0.2) is 101 Å². The van der Waals surface area contributed by atoms with Gasteiger partial charge < -0.3 is 23.8 Å². The van der Waals surface area contributed by atoms with Crippen molar-refractivity contribution in [3.05, 3.63) is 46.0 Å². The van der Waals surface area contributed by atoms with Gasteiger partial charge in [-0.2, -0.15) is 0 Å². The fourth-order valence-corrected chi connectivity index (χ4v) is 5.87. The molecule has 1 amide bonds. The van der Waals surface area contributed by atoms with Crippen molar-refractivity contribution in [2.24, 2.45) is 0 Å². The molecule has 2 aromatic carbocycles. The SMILES string of the molecule is COc1ccc(OC)c2sc(N(CCN3CCOCC3)C(=O)c3ccc(N4CCOCC4)c([N+](=O)[O-])c3)nc12. The van der Waals surface area contributed by atoms with E-state index in [2.05, 4.69) is 4.90 Å². The summed E-state index contributed by atoms with van der Waals surface area (Å²) in [6.45, 7) is 5.86. The van der Waals surface area contributed by atoms with Crippen LogP contribution in [0.4, 0.5) is 16.5 Å². The lowest BCUT2D eigenvalue weighted by Crippen LogP contribution is -2.43. The predicted octanol–water partition coefficient (Wildman–Crippen LogP) is 3.04. The monoisotopic (exact) mass is 557 g/mol. The van der Waals surface area contributed by atoms with Crippen LogP contribution in [0.2, 0.25) is 0 Å². The van der Waals surface area contributed by atoms with Crippen molar-refractivity contribution in [2.45, 2.75) is 0 Å². The lowest BCUT2D eigenvalue weighted by atomic mass is 10.1. The first-order chi connectivity index (χ1) is 19.0. The van der Waals surface area contributed by atoms with Gasteiger partial charge in [0.15, 0.2) is 5.13 Å². The number of amides is 1. The highest BCUT2D eigenvalue weighted by molar-refractivity contribution is 7.22. The Bertz CT molecular complexity index is 1300. The first-order valence-electron chi connectivity index (χ1n) is 12.7. The summed E-state index contributed by atoms with van der Waals surface area (Å²) in [6, 6.07) is 8.25. The minimum Gasteiger partial charge on any atom is -0.495 e. The summed E-state index contributed by atoms with van der Waals surface area (Å²) in [5.41, 5.74) is 1.19. The smallest absolute Gasteiger partial charge is 0.293 e. The van der Waals surface area contributed by atoms with Gasteiger partial charge >= 0.3 is 0 Å². The summed E-state index contributed by atoms with van der Waals surface area (Å²) in [7, 11) is 3.15. The van der Waals surface area contributed by atoms with Crippen LogP contribution in [0.3, 0.4) is 0 Å². The molecule has 13 heteroatoms. The number of morpholine rings is 2. The van der Waals surface area contributed by atoms with Crippen LogP contribution in [0.25, 0.3) is 10.2 Å². The summed E-state index contributed by atoms with van der Waals surface area (Å²) >= 11 is 1.32. The number of benzene rings is 2. The number of hydrogen-bond acceptors (Lipinski definition) is 11. The number of nitrogens with zero attached hydrogens (tertiary/aromatic N) is 5. The van der Waals surface area contributed by atoms with Gasteiger partial charge in [-0.15, -0.1) is 0 Å². The van der Waals surface area contributed by atoms with Crippen molar-refractivity contribution < 1.29 is 28.7 Å². The predicted molar refractivity (Wildman–Crippen MR) is 148 cm³/mol. The highest BCUT2D eigenvalue weighted by Crippen LogP contribution is 2.40. The van der Waals surface area contributed by atoms with Gasteiger partial charge in [0.05, 0.1) is 45.6 Å². The van der Waals surface area contributed by atoms with Crippen molar-refractivity contribution in [2.75, 3.05) is 89.7 Å². The quantitative estimate of drug-likeness (QED) is 0.287. The normalized spacial score (nSPS) is 16.3. The van der Waals surface area contributed by atoms with E-state index in [9.17, 15) is 14.9 Å². The largest absolute Gasteiger partial charge is 0.495 e. The fraction of sp³-hybridized carbons (Fsp3) is 0.462. The topological polar surface area (TPSA) is 120 Å². The molecule has 2 saturated heterocycles. The Kier molecular flexibility index (Phi) is 8.41. The van der Waals surface area contributed by atoms with Crippen LogP contribution < -0.4 is 19.3 Å². The number of fused-ring (bicyclic) bond motifs is 1. The Morgan fingerprint density at radius 3 is 2.38 bits per heavy atom. The van der Waals surface area contributed by atoms with Gasteiger partial charge in [0.2, 0.25) is 0 Å². The van der Waals surface area contributed by atoms with Crippen LogP contribution in [-0.2, 0) is 9.47 Å². The molecule has 0 aliphatic carbocycles. The van der Waals surface area contributed by atoms with Crippen molar-refractivity contribution in [3.63, 3.8) is 0 Å². The number of methoxy groups -OCH3 is 2. The Balaban J connectivity index is 1.52. The lowest BCUT2D eigenvalue weighted by molar-refractivity contribution is -0.384. The third kappa shape index (κ3) is 5.76. The first-order valence-corrected chi connectivity index (χ1v) is 13.6. The third-order valence-electron chi connectivity index (χ3n) is 6.89. The molecule has 0 spiro atoms. The third-order valence-corrected chi connectivity index (χ3v) is 7.98. The summed E-state index contributed by atoms with van der Waals surface area (Å²) in [4.78, 5) is 36.1. The van der Waals surface area contributed by atoms with Gasteiger partial charge in [-0.1, -0.05) is 11.3 Å². The molecule has 0 N–H and O–H groups in total. The van der Waals surface area contributed by atoms with Crippen molar-refractivity contribution in [3.8, 4) is 11.5 Å². The second kappa shape index (κ2) is 12.1. The van der Waals surface area contributed by atoms with E-state index in [1.54, 1.807) is 43.4 Å². The molecule has 0 atom stereocenters.